The van der Waals surface area contributed by atoms with Crippen LogP contribution in [0.15, 0.2) is 12.4 Å². The zero-order chi connectivity index (χ0) is 12.3. The Balaban J connectivity index is 2.75. The highest BCUT2D eigenvalue weighted by molar-refractivity contribution is 7.91. The number of sulfone groups is 1. The van der Waals surface area contributed by atoms with E-state index in [1.807, 2.05) is 17.7 Å². The van der Waals surface area contributed by atoms with Crippen LogP contribution in [-0.2, 0) is 22.8 Å². The zero-order valence-corrected chi connectivity index (χ0v) is 10.7. The number of hydrogen-bond acceptors (Lipinski definition) is 4. The summed E-state index contributed by atoms with van der Waals surface area (Å²) in [5.74, 6) is 0.838. The third kappa shape index (κ3) is 3.05. The van der Waals surface area contributed by atoms with Gasteiger partial charge in [0, 0.05) is 37.7 Å². The molecule has 0 radical (unpaired) electrons. The second-order valence-corrected chi connectivity index (χ2v) is 6.43. The largest absolute Gasteiger partial charge is 0.335 e. The molecule has 0 aromatic carbocycles. The van der Waals surface area contributed by atoms with Crippen molar-refractivity contribution in [2.24, 2.45) is 5.73 Å². The monoisotopic (exact) mass is 245 g/mol. The van der Waals surface area contributed by atoms with E-state index < -0.39 is 21.1 Å². The van der Waals surface area contributed by atoms with Gasteiger partial charge in [-0.25, -0.2) is 13.4 Å². The first-order valence-electron chi connectivity index (χ1n) is 5.30. The minimum atomic E-state index is -3.09. The third-order valence-corrected chi connectivity index (χ3v) is 4.54. The molecular weight excluding hydrogens is 226 g/mol. The summed E-state index contributed by atoms with van der Waals surface area (Å²) in [5, 5.41) is -0.547. The predicted molar refractivity (Wildman–Crippen MR) is 63.9 cm³/mol. The fourth-order valence-electron chi connectivity index (χ4n) is 1.51. The van der Waals surface area contributed by atoms with Gasteiger partial charge in [0.25, 0.3) is 0 Å². The number of aryl methyl sites for hydroxylation is 1. The van der Waals surface area contributed by atoms with Crippen LogP contribution in [0.4, 0.5) is 0 Å². The smallest absolute Gasteiger partial charge is 0.151 e. The molecule has 0 spiro atoms. The lowest BCUT2D eigenvalue weighted by Crippen LogP contribution is -2.40. The SMILES string of the molecule is CCn1ccnc1CC(N)C(C)S(C)(=O)=O. The fraction of sp³-hybridized carbons (Fsp3) is 0.700. The molecule has 5 nitrogen and oxygen atoms in total. The molecule has 0 aliphatic rings. The van der Waals surface area contributed by atoms with Crippen molar-refractivity contribution in [2.75, 3.05) is 6.26 Å². The predicted octanol–water partition coefficient (Wildman–Crippen LogP) is 0.206. The van der Waals surface area contributed by atoms with Crippen LogP contribution < -0.4 is 5.73 Å². The molecule has 2 unspecified atom stereocenters. The highest BCUT2D eigenvalue weighted by Gasteiger charge is 2.24. The normalized spacial score (nSPS) is 16.0. The number of nitrogens with zero attached hydrogens (tertiary/aromatic N) is 2. The van der Waals surface area contributed by atoms with Gasteiger partial charge in [-0.3, -0.25) is 0 Å². The summed E-state index contributed by atoms with van der Waals surface area (Å²) < 4.78 is 24.7. The molecule has 2 atom stereocenters. The maximum absolute atomic E-state index is 11.3. The topological polar surface area (TPSA) is 78.0 Å². The number of aromatic nitrogens is 2. The van der Waals surface area contributed by atoms with Crippen molar-refractivity contribution in [2.45, 2.75) is 38.1 Å². The van der Waals surface area contributed by atoms with Crippen LogP contribution in [-0.4, -0.2) is 35.5 Å². The van der Waals surface area contributed by atoms with Gasteiger partial charge >= 0.3 is 0 Å². The van der Waals surface area contributed by atoms with Crippen LogP contribution in [0, 0.1) is 0 Å². The van der Waals surface area contributed by atoms with E-state index in [2.05, 4.69) is 4.98 Å². The molecule has 0 bridgehead atoms. The highest BCUT2D eigenvalue weighted by atomic mass is 32.2. The molecule has 1 aromatic rings. The lowest BCUT2D eigenvalue weighted by atomic mass is 10.1. The van der Waals surface area contributed by atoms with Gasteiger partial charge in [0.05, 0.1) is 5.25 Å². The number of nitrogens with two attached hydrogens (primary N) is 1. The Morgan fingerprint density at radius 2 is 2.19 bits per heavy atom. The van der Waals surface area contributed by atoms with E-state index in [0.29, 0.717) is 6.42 Å². The van der Waals surface area contributed by atoms with Gasteiger partial charge in [-0.05, 0) is 13.8 Å². The van der Waals surface area contributed by atoms with E-state index in [1.165, 1.54) is 6.26 Å². The second kappa shape index (κ2) is 4.97. The molecule has 0 amide bonds. The van der Waals surface area contributed by atoms with E-state index in [-0.39, 0.29) is 0 Å². The first-order chi connectivity index (χ1) is 7.36. The molecule has 0 fully saturated rings. The van der Waals surface area contributed by atoms with Crippen LogP contribution >= 0.6 is 0 Å². The van der Waals surface area contributed by atoms with Crippen LogP contribution in [0.3, 0.4) is 0 Å². The molecule has 0 aliphatic heterocycles. The summed E-state index contributed by atoms with van der Waals surface area (Å²) in [4.78, 5) is 4.18. The Morgan fingerprint density at radius 3 is 2.69 bits per heavy atom. The molecule has 92 valence electrons. The Bertz CT molecular complexity index is 439. The van der Waals surface area contributed by atoms with Crippen molar-refractivity contribution in [3.8, 4) is 0 Å². The van der Waals surface area contributed by atoms with Gasteiger partial charge in [-0.15, -0.1) is 0 Å². The van der Waals surface area contributed by atoms with Crippen LogP contribution in [0.5, 0.6) is 0 Å². The van der Waals surface area contributed by atoms with Crippen LogP contribution in [0.25, 0.3) is 0 Å². The summed E-state index contributed by atoms with van der Waals surface area (Å²) in [7, 11) is -3.09. The molecular formula is C10H19N3O2S. The lowest BCUT2D eigenvalue weighted by molar-refractivity contribution is 0.548. The molecule has 2 N–H and O–H groups in total. The van der Waals surface area contributed by atoms with Gasteiger partial charge in [-0.1, -0.05) is 0 Å². The van der Waals surface area contributed by atoms with E-state index in [4.69, 9.17) is 5.73 Å². The molecule has 0 saturated heterocycles. The molecule has 0 aliphatic carbocycles. The maximum Gasteiger partial charge on any atom is 0.151 e. The van der Waals surface area contributed by atoms with Crippen molar-refractivity contribution in [3.63, 3.8) is 0 Å². The maximum atomic E-state index is 11.3. The minimum Gasteiger partial charge on any atom is -0.335 e. The summed E-state index contributed by atoms with van der Waals surface area (Å²) in [6.07, 6.45) is 5.27. The number of hydrogen-bond donors (Lipinski definition) is 1. The highest BCUT2D eigenvalue weighted by Crippen LogP contribution is 2.08. The van der Waals surface area contributed by atoms with Crippen molar-refractivity contribution in [3.05, 3.63) is 18.2 Å². The van der Waals surface area contributed by atoms with Crippen molar-refractivity contribution < 1.29 is 8.42 Å². The summed E-state index contributed by atoms with van der Waals surface area (Å²) in [6.45, 7) is 4.46. The Labute approximate surface area is 96.6 Å². The van der Waals surface area contributed by atoms with E-state index in [1.54, 1.807) is 13.1 Å². The first-order valence-corrected chi connectivity index (χ1v) is 7.26. The Kier molecular flexibility index (Phi) is 4.09. The fourth-order valence-corrected chi connectivity index (χ4v) is 2.24. The van der Waals surface area contributed by atoms with Gasteiger partial charge < -0.3 is 10.3 Å². The minimum absolute atomic E-state index is 0.414. The van der Waals surface area contributed by atoms with Gasteiger partial charge in [0.1, 0.15) is 5.82 Å². The van der Waals surface area contributed by atoms with Gasteiger partial charge in [-0.2, -0.15) is 0 Å². The molecule has 1 aromatic heterocycles. The van der Waals surface area contributed by atoms with Crippen molar-refractivity contribution in [1.82, 2.24) is 9.55 Å². The number of imidazole rings is 1. The quantitative estimate of drug-likeness (QED) is 0.804. The molecule has 1 heterocycles. The Morgan fingerprint density at radius 1 is 1.56 bits per heavy atom. The summed E-state index contributed by atoms with van der Waals surface area (Å²) in [5.41, 5.74) is 5.89. The molecule has 6 heteroatoms. The van der Waals surface area contributed by atoms with E-state index in [0.717, 1.165) is 12.4 Å². The van der Waals surface area contributed by atoms with E-state index in [9.17, 15) is 8.42 Å². The average Bonchev–Trinajstić information content (AvgIpc) is 2.62. The standard InChI is InChI=1S/C10H19N3O2S/c1-4-13-6-5-12-10(13)7-9(11)8(2)16(3,14)15/h5-6,8-9H,4,7,11H2,1-3H3. The van der Waals surface area contributed by atoms with Crippen LogP contribution in [0.1, 0.15) is 19.7 Å². The van der Waals surface area contributed by atoms with Gasteiger partial charge in [0.15, 0.2) is 9.84 Å². The van der Waals surface area contributed by atoms with Crippen LogP contribution in [0.2, 0.25) is 0 Å². The lowest BCUT2D eigenvalue weighted by Gasteiger charge is -2.18. The first kappa shape index (κ1) is 13.2. The third-order valence-electron chi connectivity index (χ3n) is 2.84. The zero-order valence-electron chi connectivity index (χ0n) is 9.92. The Hall–Kier alpha value is -0.880. The van der Waals surface area contributed by atoms with Crippen molar-refractivity contribution in [1.29, 1.82) is 0 Å². The summed E-state index contributed by atoms with van der Waals surface area (Å²) in [6, 6.07) is -0.414. The second-order valence-electron chi connectivity index (χ2n) is 4.03. The van der Waals surface area contributed by atoms with Gasteiger partial charge in [0.2, 0.25) is 0 Å². The molecule has 1 rings (SSSR count). The molecule has 16 heavy (non-hydrogen) atoms. The average molecular weight is 245 g/mol. The van der Waals surface area contributed by atoms with E-state index >= 15 is 0 Å². The van der Waals surface area contributed by atoms with Crippen molar-refractivity contribution >= 4 is 9.84 Å². The molecule has 0 saturated carbocycles. The number of rotatable bonds is 5. The summed E-state index contributed by atoms with van der Waals surface area (Å²) >= 11 is 0.